The van der Waals surface area contributed by atoms with E-state index in [9.17, 15) is 32.7 Å². The maximum Gasteiger partial charge on any atom is 0.490 e. The van der Waals surface area contributed by atoms with Crippen LogP contribution in [0.5, 0.6) is 0 Å². The van der Waals surface area contributed by atoms with Crippen molar-refractivity contribution in [3.8, 4) is 0 Å². The molecule has 3 N–H and O–H groups in total. The molecule has 11 nitrogen and oxygen atoms in total. The standard InChI is InChI=1S/C26H35N5O4S.C2HF3O2/c1-36-12-9-23(26(34)35)31(30-17-22(28-18-30)14-24(32)29-10-2-3-11-29)25(33)16-27-15-19-5-4-6-21(13-19)20-7-8-20;3-2(4,5)1(6)7/h4-6,13,17-18,20,23,27H,2-3,7-12,14-16H2,1H3,(H,34,35);(H,6,7). The molecule has 2 amide bonds. The quantitative estimate of drug-likeness (QED) is 0.305. The van der Waals surface area contributed by atoms with E-state index < -0.39 is 24.2 Å². The van der Waals surface area contributed by atoms with Gasteiger partial charge in [0.2, 0.25) is 5.91 Å². The molecule has 0 bridgehead atoms. The zero-order chi connectivity index (χ0) is 31.6. The Bertz CT molecular complexity index is 1260. The van der Waals surface area contributed by atoms with Crippen molar-refractivity contribution in [2.24, 2.45) is 0 Å². The van der Waals surface area contributed by atoms with Crippen LogP contribution in [0.4, 0.5) is 13.2 Å². The van der Waals surface area contributed by atoms with Gasteiger partial charge in [-0.3, -0.25) is 9.59 Å². The topological polar surface area (TPSA) is 145 Å². The predicted molar refractivity (Wildman–Crippen MR) is 153 cm³/mol. The zero-order valence-corrected chi connectivity index (χ0v) is 24.6. The van der Waals surface area contributed by atoms with Gasteiger partial charge in [-0.05, 0) is 61.2 Å². The minimum absolute atomic E-state index is 0.00267. The highest BCUT2D eigenvalue weighted by Crippen LogP contribution is 2.40. The second-order valence-electron chi connectivity index (χ2n) is 10.3. The number of aromatic nitrogens is 2. The number of rotatable bonds is 13. The number of thioether (sulfide) groups is 1. The summed E-state index contributed by atoms with van der Waals surface area (Å²) < 4.78 is 33.2. The normalized spacial score (nSPS) is 15.4. The lowest BCUT2D eigenvalue weighted by Crippen LogP contribution is -2.54. The molecule has 2 fully saturated rings. The summed E-state index contributed by atoms with van der Waals surface area (Å²) in [6, 6.07) is 7.34. The molecule has 1 aliphatic heterocycles. The molecule has 15 heteroatoms. The summed E-state index contributed by atoms with van der Waals surface area (Å²) in [5, 5.41) is 21.5. The third-order valence-corrected chi connectivity index (χ3v) is 7.59. The number of carbonyl (C=O) groups excluding carboxylic acids is 2. The molecular weight excluding hydrogens is 591 g/mol. The fourth-order valence-electron chi connectivity index (χ4n) is 4.61. The number of imidazole rings is 1. The summed E-state index contributed by atoms with van der Waals surface area (Å²) in [4.78, 5) is 53.1. The molecule has 1 saturated carbocycles. The summed E-state index contributed by atoms with van der Waals surface area (Å²) >= 11 is 1.53. The summed E-state index contributed by atoms with van der Waals surface area (Å²) in [6.45, 7) is 2.02. The van der Waals surface area contributed by atoms with Gasteiger partial charge in [-0.2, -0.15) is 24.9 Å². The molecule has 1 atom stereocenters. The average molecular weight is 628 g/mol. The summed E-state index contributed by atoms with van der Waals surface area (Å²) in [6.07, 6.45) is 4.76. The van der Waals surface area contributed by atoms with Gasteiger partial charge in [0.1, 0.15) is 6.33 Å². The van der Waals surface area contributed by atoms with Gasteiger partial charge < -0.3 is 20.4 Å². The van der Waals surface area contributed by atoms with Crippen molar-refractivity contribution in [2.45, 2.75) is 63.2 Å². The van der Waals surface area contributed by atoms with Crippen LogP contribution in [0.3, 0.4) is 0 Å². The third-order valence-electron chi connectivity index (χ3n) is 6.94. The summed E-state index contributed by atoms with van der Waals surface area (Å²) in [5.74, 6) is -2.94. The number of hydrogen-bond donors (Lipinski definition) is 3. The highest BCUT2D eigenvalue weighted by molar-refractivity contribution is 7.98. The Labute approximate surface area is 251 Å². The molecule has 43 heavy (non-hydrogen) atoms. The van der Waals surface area contributed by atoms with E-state index in [0.29, 0.717) is 30.3 Å². The maximum atomic E-state index is 13.3. The van der Waals surface area contributed by atoms with E-state index in [2.05, 4.69) is 22.4 Å². The van der Waals surface area contributed by atoms with Crippen LogP contribution in [0.25, 0.3) is 0 Å². The van der Waals surface area contributed by atoms with Gasteiger partial charge in [0.25, 0.3) is 5.91 Å². The largest absolute Gasteiger partial charge is 0.490 e. The lowest BCUT2D eigenvalue weighted by Gasteiger charge is -2.29. The van der Waals surface area contributed by atoms with Crippen molar-refractivity contribution in [3.63, 3.8) is 0 Å². The molecule has 2 aromatic rings. The molecular formula is C28H36F3N5O6S. The molecule has 4 rings (SSSR count). The summed E-state index contributed by atoms with van der Waals surface area (Å²) in [5.41, 5.74) is 2.95. The fourth-order valence-corrected chi connectivity index (χ4v) is 5.07. The average Bonchev–Trinajstić information content (AvgIpc) is 3.45. The smallest absolute Gasteiger partial charge is 0.480 e. The number of hydrogen-bond acceptors (Lipinski definition) is 7. The Balaban J connectivity index is 0.000000646. The van der Waals surface area contributed by atoms with Crippen LogP contribution < -0.4 is 10.3 Å². The van der Waals surface area contributed by atoms with E-state index in [4.69, 9.17) is 9.90 Å². The van der Waals surface area contributed by atoms with Crippen LogP contribution in [-0.2, 0) is 32.1 Å². The van der Waals surface area contributed by atoms with Crippen LogP contribution in [-0.4, -0.2) is 92.4 Å². The number of alkyl halides is 3. The Morgan fingerprint density at radius 1 is 1.16 bits per heavy atom. The number of likely N-dealkylation sites (tertiary alicyclic amines) is 1. The minimum Gasteiger partial charge on any atom is -0.480 e. The lowest BCUT2D eigenvalue weighted by atomic mass is 10.1. The van der Waals surface area contributed by atoms with E-state index >= 15 is 0 Å². The SMILES string of the molecule is CSCCC(C(=O)O)N(C(=O)CNCc1cccc(C2CC2)c1)n1cnc(CC(=O)N2CCCC2)c1.O=C(O)C(F)(F)F. The van der Waals surface area contributed by atoms with Gasteiger partial charge in [-0.25, -0.2) is 24.3 Å². The molecule has 0 radical (unpaired) electrons. The van der Waals surface area contributed by atoms with Crippen LogP contribution in [0, 0.1) is 0 Å². The van der Waals surface area contributed by atoms with Gasteiger partial charge >= 0.3 is 18.1 Å². The summed E-state index contributed by atoms with van der Waals surface area (Å²) in [7, 11) is 0. The van der Waals surface area contributed by atoms with Gasteiger partial charge in [-0.15, -0.1) is 0 Å². The van der Waals surface area contributed by atoms with Gasteiger partial charge in [0.05, 0.1) is 24.9 Å². The number of carboxylic acid groups (broad SMARTS) is 2. The van der Waals surface area contributed by atoms with E-state index in [1.54, 1.807) is 6.20 Å². The first kappa shape index (κ1) is 33.9. The van der Waals surface area contributed by atoms with Crippen molar-refractivity contribution in [1.29, 1.82) is 0 Å². The second-order valence-corrected chi connectivity index (χ2v) is 11.3. The van der Waals surface area contributed by atoms with Crippen molar-refractivity contribution in [2.75, 3.05) is 36.7 Å². The Morgan fingerprint density at radius 3 is 2.42 bits per heavy atom. The fraction of sp³-hybridized carbons (Fsp3) is 0.536. The van der Waals surface area contributed by atoms with Gasteiger partial charge in [0, 0.05) is 19.6 Å². The first-order valence-corrected chi connectivity index (χ1v) is 15.2. The Morgan fingerprint density at radius 2 is 1.84 bits per heavy atom. The van der Waals surface area contributed by atoms with Gasteiger partial charge in [0.15, 0.2) is 6.04 Å². The Hall–Kier alpha value is -3.59. The number of benzene rings is 1. The minimum atomic E-state index is -5.08. The zero-order valence-electron chi connectivity index (χ0n) is 23.8. The monoisotopic (exact) mass is 627 g/mol. The lowest BCUT2D eigenvalue weighted by molar-refractivity contribution is -0.192. The molecule has 0 spiro atoms. The van der Waals surface area contributed by atoms with E-state index in [1.807, 2.05) is 23.3 Å². The predicted octanol–water partition coefficient (Wildman–Crippen LogP) is 3.02. The maximum absolute atomic E-state index is 13.3. The molecule has 1 aromatic heterocycles. The van der Waals surface area contributed by atoms with Crippen molar-refractivity contribution in [3.05, 3.63) is 53.6 Å². The number of carboxylic acids is 2. The molecule has 1 unspecified atom stereocenters. The molecule has 1 saturated heterocycles. The van der Waals surface area contributed by atoms with Crippen LogP contribution in [0.15, 0.2) is 36.8 Å². The number of amides is 2. The molecule has 2 aliphatic rings. The van der Waals surface area contributed by atoms with Gasteiger partial charge in [-0.1, -0.05) is 24.3 Å². The van der Waals surface area contributed by atoms with Crippen molar-refractivity contribution in [1.82, 2.24) is 19.9 Å². The van der Waals surface area contributed by atoms with Crippen LogP contribution in [0.2, 0.25) is 0 Å². The highest BCUT2D eigenvalue weighted by atomic mass is 32.2. The first-order valence-electron chi connectivity index (χ1n) is 13.8. The molecule has 236 valence electrons. The number of halogens is 3. The van der Waals surface area contributed by atoms with E-state index in [1.165, 1.54) is 46.2 Å². The van der Waals surface area contributed by atoms with E-state index in [0.717, 1.165) is 31.5 Å². The second kappa shape index (κ2) is 15.8. The highest BCUT2D eigenvalue weighted by Gasteiger charge is 2.38. The number of nitrogens with zero attached hydrogens (tertiary/aromatic N) is 4. The number of nitrogens with one attached hydrogen (secondary N) is 1. The third kappa shape index (κ3) is 10.6. The Kier molecular flexibility index (Phi) is 12.4. The van der Waals surface area contributed by atoms with Crippen LogP contribution >= 0.6 is 11.8 Å². The van der Waals surface area contributed by atoms with E-state index in [-0.39, 0.29) is 24.8 Å². The van der Waals surface area contributed by atoms with Crippen molar-refractivity contribution < 1.29 is 42.6 Å². The molecule has 1 aromatic carbocycles. The number of carbonyl (C=O) groups is 4. The first-order chi connectivity index (χ1) is 20.4. The molecule has 1 aliphatic carbocycles. The van der Waals surface area contributed by atoms with Crippen LogP contribution in [0.1, 0.15) is 54.8 Å². The molecule has 2 heterocycles. The number of aliphatic carboxylic acids is 2. The van der Waals surface area contributed by atoms with Crippen molar-refractivity contribution >= 4 is 35.5 Å².